The van der Waals surface area contributed by atoms with Crippen LogP contribution < -0.4 is 21.2 Å². The average molecular weight is 302 g/mol. The lowest BCUT2D eigenvalue weighted by Gasteiger charge is -2.30. The van der Waals surface area contributed by atoms with Gasteiger partial charge >= 0.3 is 0 Å². The first kappa shape index (κ1) is 12.6. The van der Waals surface area contributed by atoms with Gasteiger partial charge < -0.3 is 15.2 Å². The van der Waals surface area contributed by atoms with E-state index in [4.69, 9.17) is 0 Å². The topological polar surface area (TPSA) is 81.0 Å². The SMILES string of the molecule is O=c1[nH]sc2[nH]c3cccc(N4CCNCC4)c3c(=O)c12. The lowest BCUT2D eigenvalue weighted by molar-refractivity contribution is 0.590. The summed E-state index contributed by atoms with van der Waals surface area (Å²) in [6, 6.07) is 5.78. The molecule has 108 valence electrons. The number of fused-ring (bicyclic) bond motifs is 2. The number of piperazine rings is 1. The molecule has 7 heteroatoms. The standard InChI is InChI=1S/C14H14N4O2S/c19-12-10-8(16-14-11(12)13(20)17-21-14)2-1-3-9(10)18-6-4-15-5-7-18/h1-3,15H,4-7H2,(H,16,19)(H,17,20). The molecule has 2 aromatic heterocycles. The summed E-state index contributed by atoms with van der Waals surface area (Å²) in [6.45, 7) is 3.51. The third-order valence-corrected chi connectivity index (χ3v) is 4.70. The molecule has 1 fully saturated rings. The second-order valence-corrected chi connectivity index (χ2v) is 5.94. The van der Waals surface area contributed by atoms with E-state index in [1.807, 2.05) is 18.2 Å². The molecule has 0 saturated carbocycles. The van der Waals surface area contributed by atoms with Crippen molar-refractivity contribution in [1.29, 1.82) is 0 Å². The number of nitrogens with one attached hydrogen (secondary N) is 3. The normalized spacial score (nSPS) is 15.9. The first-order chi connectivity index (χ1) is 10.3. The number of hydrogen-bond acceptors (Lipinski definition) is 5. The Morgan fingerprint density at radius 2 is 1.90 bits per heavy atom. The number of nitrogens with zero attached hydrogens (tertiary/aromatic N) is 1. The van der Waals surface area contributed by atoms with Crippen molar-refractivity contribution in [3.8, 4) is 0 Å². The molecule has 3 N–H and O–H groups in total. The molecule has 0 unspecified atom stereocenters. The molecule has 1 aliphatic heterocycles. The van der Waals surface area contributed by atoms with Gasteiger partial charge in [0.25, 0.3) is 5.56 Å². The maximum atomic E-state index is 12.8. The van der Waals surface area contributed by atoms with Crippen molar-refractivity contribution in [3.63, 3.8) is 0 Å². The van der Waals surface area contributed by atoms with E-state index in [0.29, 0.717) is 10.2 Å². The molecule has 1 aliphatic rings. The molecule has 21 heavy (non-hydrogen) atoms. The summed E-state index contributed by atoms with van der Waals surface area (Å²) in [5, 5.41) is 4.14. The van der Waals surface area contributed by atoms with E-state index < -0.39 is 0 Å². The Hall–Kier alpha value is -2.12. The van der Waals surface area contributed by atoms with Crippen molar-refractivity contribution >= 4 is 38.3 Å². The second-order valence-electron chi connectivity index (χ2n) is 5.13. The molecule has 4 rings (SSSR count). The van der Waals surface area contributed by atoms with Crippen molar-refractivity contribution in [2.75, 3.05) is 31.1 Å². The fourth-order valence-corrected chi connectivity index (χ4v) is 3.64. The number of H-pyrrole nitrogens is 2. The van der Waals surface area contributed by atoms with Gasteiger partial charge in [0.05, 0.1) is 16.6 Å². The fraction of sp³-hybridized carbons (Fsp3) is 0.286. The van der Waals surface area contributed by atoms with Crippen LogP contribution in [-0.4, -0.2) is 35.5 Å². The van der Waals surface area contributed by atoms with Crippen LogP contribution in [0.3, 0.4) is 0 Å². The number of aromatic amines is 2. The molecule has 0 bridgehead atoms. The quantitative estimate of drug-likeness (QED) is 0.622. The molecule has 0 spiro atoms. The van der Waals surface area contributed by atoms with Crippen molar-refractivity contribution < 1.29 is 0 Å². The van der Waals surface area contributed by atoms with Crippen molar-refractivity contribution in [2.24, 2.45) is 0 Å². The van der Waals surface area contributed by atoms with E-state index in [9.17, 15) is 9.59 Å². The monoisotopic (exact) mass is 302 g/mol. The third kappa shape index (κ3) is 1.89. The molecule has 3 heterocycles. The summed E-state index contributed by atoms with van der Waals surface area (Å²) in [5.41, 5.74) is 1.19. The van der Waals surface area contributed by atoms with Gasteiger partial charge in [0.15, 0.2) is 0 Å². The molecule has 0 aliphatic carbocycles. The van der Waals surface area contributed by atoms with Crippen LogP contribution in [0.4, 0.5) is 5.69 Å². The highest BCUT2D eigenvalue weighted by Gasteiger charge is 2.18. The van der Waals surface area contributed by atoms with Crippen LogP contribution in [0, 0.1) is 0 Å². The third-order valence-electron chi connectivity index (χ3n) is 3.90. The first-order valence-electron chi connectivity index (χ1n) is 6.87. The van der Waals surface area contributed by atoms with Gasteiger partial charge in [-0.1, -0.05) is 6.07 Å². The van der Waals surface area contributed by atoms with E-state index in [2.05, 4.69) is 19.6 Å². The van der Waals surface area contributed by atoms with Crippen LogP contribution in [0.1, 0.15) is 0 Å². The summed E-state index contributed by atoms with van der Waals surface area (Å²) in [4.78, 5) is 30.6. The Bertz CT molecular complexity index is 933. The second kappa shape index (κ2) is 4.71. The van der Waals surface area contributed by atoms with Gasteiger partial charge in [-0.25, -0.2) is 0 Å². The maximum Gasteiger partial charge on any atom is 0.271 e. The molecule has 1 saturated heterocycles. The van der Waals surface area contributed by atoms with E-state index in [-0.39, 0.29) is 16.4 Å². The summed E-state index contributed by atoms with van der Waals surface area (Å²) in [6.07, 6.45) is 0. The Balaban J connectivity index is 2.07. The molecule has 6 nitrogen and oxygen atoms in total. The number of pyridine rings is 1. The molecule has 3 aromatic rings. The van der Waals surface area contributed by atoms with Gasteiger partial charge in [0.2, 0.25) is 5.43 Å². The Labute approximate surface area is 123 Å². The van der Waals surface area contributed by atoms with Gasteiger partial charge in [0.1, 0.15) is 10.2 Å². The predicted molar refractivity (Wildman–Crippen MR) is 85.7 cm³/mol. The van der Waals surface area contributed by atoms with Gasteiger partial charge in [0, 0.05) is 26.2 Å². The van der Waals surface area contributed by atoms with E-state index in [0.717, 1.165) is 37.4 Å². The minimum absolute atomic E-state index is 0.185. The van der Waals surface area contributed by atoms with E-state index in [1.165, 1.54) is 11.5 Å². The molecular weight excluding hydrogens is 288 g/mol. The van der Waals surface area contributed by atoms with Crippen molar-refractivity contribution in [1.82, 2.24) is 14.7 Å². The Kier molecular flexibility index (Phi) is 2.83. The summed E-state index contributed by atoms with van der Waals surface area (Å²) >= 11 is 1.17. The van der Waals surface area contributed by atoms with Crippen molar-refractivity contribution in [3.05, 3.63) is 38.8 Å². The zero-order chi connectivity index (χ0) is 14.4. The maximum absolute atomic E-state index is 12.8. The van der Waals surface area contributed by atoms with E-state index in [1.54, 1.807) is 0 Å². The highest BCUT2D eigenvalue weighted by molar-refractivity contribution is 7.12. The molecular formula is C14H14N4O2S. The predicted octanol–water partition coefficient (Wildman–Crippen LogP) is 0.841. The number of hydrogen-bond donors (Lipinski definition) is 3. The minimum Gasteiger partial charge on any atom is -0.368 e. The zero-order valence-corrected chi connectivity index (χ0v) is 12.0. The average Bonchev–Trinajstić information content (AvgIpc) is 2.89. The number of benzene rings is 1. The van der Waals surface area contributed by atoms with Crippen LogP contribution >= 0.6 is 11.5 Å². The lowest BCUT2D eigenvalue weighted by atomic mass is 10.1. The van der Waals surface area contributed by atoms with Crippen LogP contribution in [0.15, 0.2) is 27.8 Å². The summed E-state index contributed by atoms with van der Waals surface area (Å²) in [5.74, 6) is 0. The Morgan fingerprint density at radius 3 is 2.71 bits per heavy atom. The van der Waals surface area contributed by atoms with Crippen LogP contribution in [0.25, 0.3) is 21.1 Å². The van der Waals surface area contributed by atoms with Crippen LogP contribution in [0.5, 0.6) is 0 Å². The van der Waals surface area contributed by atoms with Gasteiger partial charge in [-0.2, -0.15) is 0 Å². The zero-order valence-electron chi connectivity index (χ0n) is 11.2. The van der Waals surface area contributed by atoms with E-state index >= 15 is 0 Å². The number of anilines is 1. The smallest absolute Gasteiger partial charge is 0.271 e. The largest absolute Gasteiger partial charge is 0.368 e. The van der Waals surface area contributed by atoms with Gasteiger partial charge in [-0.05, 0) is 23.7 Å². The molecule has 0 atom stereocenters. The van der Waals surface area contributed by atoms with Crippen LogP contribution in [-0.2, 0) is 0 Å². The summed E-state index contributed by atoms with van der Waals surface area (Å²) in [7, 11) is 0. The first-order valence-corrected chi connectivity index (χ1v) is 7.69. The molecule has 1 aromatic carbocycles. The molecule has 0 amide bonds. The fourth-order valence-electron chi connectivity index (χ4n) is 2.90. The number of rotatable bonds is 1. The summed E-state index contributed by atoms with van der Waals surface area (Å²) < 4.78 is 2.62. The highest BCUT2D eigenvalue weighted by atomic mass is 32.1. The van der Waals surface area contributed by atoms with Crippen molar-refractivity contribution in [2.45, 2.75) is 0 Å². The lowest BCUT2D eigenvalue weighted by Crippen LogP contribution is -2.43. The molecule has 0 radical (unpaired) electrons. The van der Waals surface area contributed by atoms with Gasteiger partial charge in [-0.3, -0.25) is 14.0 Å². The van der Waals surface area contributed by atoms with Gasteiger partial charge in [-0.15, -0.1) is 0 Å². The minimum atomic E-state index is -0.312. The number of aromatic nitrogens is 2. The van der Waals surface area contributed by atoms with Crippen LogP contribution in [0.2, 0.25) is 0 Å². The Morgan fingerprint density at radius 1 is 1.10 bits per heavy atom. The highest BCUT2D eigenvalue weighted by Crippen LogP contribution is 2.25.